The second-order valence-corrected chi connectivity index (χ2v) is 9.78. The maximum absolute atomic E-state index is 5.53. The Kier molecular flexibility index (Phi) is 4.79. The molecule has 0 spiro atoms. The average molecular weight is 336 g/mol. The number of methoxy groups -OCH3 is 1. The molecule has 0 amide bonds. The van der Waals surface area contributed by atoms with Gasteiger partial charge in [-0.3, -0.25) is 0 Å². The topological polar surface area (TPSA) is 12.2 Å². The molecule has 23 heavy (non-hydrogen) atoms. The van der Waals surface area contributed by atoms with E-state index in [-0.39, 0.29) is 0 Å². The minimum Gasteiger partial charge on any atom is -0.501 e. The van der Waals surface area contributed by atoms with Gasteiger partial charge in [-0.15, -0.1) is 11.8 Å². The molecule has 0 aromatic rings. The Morgan fingerprint density at radius 1 is 1.43 bits per heavy atom. The molecule has 1 fully saturated rings. The molecule has 2 nitrogen and oxygen atoms in total. The van der Waals surface area contributed by atoms with Gasteiger partial charge < -0.3 is 9.64 Å². The van der Waals surface area contributed by atoms with Gasteiger partial charge in [0.15, 0.2) is 0 Å². The number of hydrogen-bond acceptors (Lipinski definition) is 3. The van der Waals surface area contributed by atoms with Crippen molar-refractivity contribution in [2.24, 2.45) is 5.92 Å². The van der Waals surface area contributed by atoms with E-state index < -0.39 is 0 Å². The van der Waals surface area contributed by atoms with Crippen molar-refractivity contribution in [3.8, 4) is 0 Å². The zero-order valence-corrected chi connectivity index (χ0v) is 16.4. The standard InChI is InChI=1S/C20H33NOS/c1-6-7-9-17(22-5)10-8-11-19(3)13-16-12-15(2)20(4)14-21(20)18(16)23-19/h10,15H,6-9,11-14H2,1-5H3/b17-10+/t15-,19+,20-,21?/m0/s1. The highest BCUT2D eigenvalue weighted by atomic mass is 32.2. The van der Waals surface area contributed by atoms with Crippen LogP contribution < -0.4 is 0 Å². The predicted molar refractivity (Wildman–Crippen MR) is 100 cm³/mol. The fraction of sp³-hybridized carbons (Fsp3) is 0.800. The first-order chi connectivity index (χ1) is 10.9. The van der Waals surface area contributed by atoms with Gasteiger partial charge in [0, 0.05) is 17.7 Å². The van der Waals surface area contributed by atoms with E-state index in [1.165, 1.54) is 44.4 Å². The van der Waals surface area contributed by atoms with Crippen LogP contribution in [0.25, 0.3) is 0 Å². The number of nitrogens with zero attached hydrogens (tertiary/aromatic N) is 1. The van der Waals surface area contributed by atoms with Crippen LogP contribution >= 0.6 is 11.8 Å². The van der Waals surface area contributed by atoms with E-state index in [2.05, 4.69) is 50.4 Å². The highest BCUT2D eigenvalue weighted by Crippen LogP contribution is 2.61. The van der Waals surface area contributed by atoms with Crippen molar-refractivity contribution in [1.29, 1.82) is 0 Å². The van der Waals surface area contributed by atoms with Crippen LogP contribution in [0.15, 0.2) is 22.4 Å². The second kappa shape index (κ2) is 6.38. The Balaban J connectivity index is 1.56. The third kappa shape index (κ3) is 3.31. The molecule has 0 N–H and O–H groups in total. The number of unbranched alkanes of at least 4 members (excludes halogenated alkanes) is 1. The quantitative estimate of drug-likeness (QED) is 0.437. The minimum atomic E-state index is 0.387. The molecule has 0 unspecified atom stereocenters. The van der Waals surface area contributed by atoms with E-state index >= 15 is 0 Å². The highest BCUT2D eigenvalue weighted by molar-refractivity contribution is 8.04. The first-order valence-electron chi connectivity index (χ1n) is 9.33. The van der Waals surface area contributed by atoms with Gasteiger partial charge in [-0.1, -0.05) is 20.3 Å². The Hall–Kier alpha value is -0.570. The summed E-state index contributed by atoms with van der Waals surface area (Å²) in [5, 5.41) is 1.63. The van der Waals surface area contributed by atoms with Gasteiger partial charge in [0.05, 0.1) is 23.4 Å². The minimum absolute atomic E-state index is 0.387. The van der Waals surface area contributed by atoms with Gasteiger partial charge in [-0.25, -0.2) is 0 Å². The van der Waals surface area contributed by atoms with Crippen molar-refractivity contribution in [3.05, 3.63) is 22.4 Å². The first-order valence-corrected chi connectivity index (χ1v) is 10.2. The lowest BCUT2D eigenvalue weighted by molar-refractivity contribution is 0.272. The molecule has 130 valence electrons. The summed E-state index contributed by atoms with van der Waals surface area (Å²) in [6.45, 7) is 10.9. The molecule has 3 atom stereocenters. The Morgan fingerprint density at radius 3 is 2.91 bits per heavy atom. The molecule has 0 aromatic carbocycles. The van der Waals surface area contributed by atoms with Crippen LogP contribution in [-0.4, -0.2) is 28.8 Å². The molecule has 0 bridgehead atoms. The fourth-order valence-electron chi connectivity index (χ4n) is 4.19. The number of fused-ring (bicyclic) bond motifs is 2. The van der Waals surface area contributed by atoms with Crippen LogP contribution in [0.3, 0.4) is 0 Å². The van der Waals surface area contributed by atoms with Crippen LogP contribution in [0.2, 0.25) is 0 Å². The normalized spacial score (nSPS) is 36.1. The molecular weight excluding hydrogens is 302 g/mol. The molecular formula is C20H33NOS. The van der Waals surface area contributed by atoms with Gasteiger partial charge in [0.1, 0.15) is 0 Å². The molecule has 3 heterocycles. The Labute approximate surface area is 146 Å². The Bertz CT molecular complexity index is 526. The van der Waals surface area contributed by atoms with E-state index in [1.54, 1.807) is 10.6 Å². The lowest BCUT2D eigenvalue weighted by Gasteiger charge is -2.27. The molecule has 1 saturated heterocycles. The summed E-state index contributed by atoms with van der Waals surface area (Å²) < 4.78 is 5.92. The summed E-state index contributed by atoms with van der Waals surface area (Å²) >= 11 is 2.16. The molecule has 3 heteroatoms. The van der Waals surface area contributed by atoms with Gasteiger partial charge in [-0.05, 0) is 63.5 Å². The summed E-state index contributed by atoms with van der Waals surface area (Å²) in [6.07, 6.45) is 10.9. The second-order valence-electron chi connectivity index (χ2n) is 8.20. The first kappa shape index (κ1) is 17.3. The Morgan fingerprint density at radius 2 is 2.22 bits per heavy atom. The fourth-order valence-corrected chi connectivity index (χ4v) is 5.81. The zero-order valence-electron chi connectivity index (χ0n) is 15.6. The number of ether oxygens (including phenoxy) is 1. The van der Waals surface area contributed by atoms with Crippen LogP contribution in [0.4, 0.5) is 0 Å². The molecule has 0 aromatic heterocycles. The van der Waals surface area contributed by atoms with E-state index in [4.69, 9.17) is 4.74 Å². The average Bonchev–Trinajstić information content (AvgIpc) is 3.11. The van der Waals surface area contributed by atoms with Crippen molar-refractivity contribution in [3.63, 3.8) is 0 Å². The molecule has 3 aliphatic heterocycles. The lowest BCUT2D eigenvalue weighted by Crippen LogP contribution is -2.27. The number of allylic oxidation sites excluding steroid dienone is 3. The largest absolute Gasteiger partial charge is 0.501 e. The molecule has 3 aliphatic rings. The highest BCUT2D eigenvalue weighted by Gasteiger charge is 2.58. The SMILES string of the molecule is CCCC/C(=C\CC[C@]1(C)CC2=C(S1)N1C[C@@]1(C)[C@@H](C)C2)OC. The molecule has 3 rings (SSSR count). The zero-order chi connectivity index (χ0) is 16.7. The summed E-state index contributed by atoms with van der Waals surface area (Å²) in [5.74, 6) is 2.00. The van der Waals surface area contributed by atoms with E-state index in [0.29, 0.717) is 10.3 Å². The van der Waals surface area contributed by atoms with Gasteiger partial charge in [0.2, 0.25) is 0 Å². The van der Waals surface area contributed by atoms with E-state index in [0.717, 1.165) is 18.8 Å². The van der Waals surface area contributed by atoms with Crippen LogP contribution in [0.5, 0.6) is 0 Å². The number of rotatable bonds is 7. The van der Waals surface area contributed by atoms with Gasteiger partial charge >= 0.3 is 0 Å². The maximum atomic E-state index is 5.53. The molecule has 0 aliphatic carbocycles. The molecule has 0 saturated carbocycles. The van der Waals surface area contributed by atoms with Crippen LogP contribution in [0.1, 0.15) is 72.6 Å². The van der Waals surface area contributed by atoms with E-state index in [9.17, 15) is 0 Å². The van der Waals surface area contributed by atoms with E-state index in [1.807, 2.05) is 7.11 Å². The third-order valence-corrected chi connectivity index (χ3v) is 7.71. The van der Waals surface area contributed by atoms with Crippen molar-refractivity contribution in [1.82, 2.24) is 4.90 Å². The number of hydrogen-bond donors (Lipinski definition) is 0. The smallest absolute Gasteiger partial charge is 0.0915 e. The van der Waals surface area contributed by atoms with Crippen molar-refractivity contribution in [2.45, 2.75) is 82.9 Å². The third-order valence-electron chi connectivity index (χ3n) is 6.17. The van der Waals surface area contributed by atoms with Crippen molar-refractivity contribution < 1.29 is 4.74 Å². The predicted octanol–water partition coefficient (Wildman–Crippen LogP) is 5.71. The molecule has 0 radical (unpaired) electrons. The summed E-state index contributed by atoms with van der Waals surface area (Å²) in [6, 6.07) is 0. The summed E-state index contributed by atoms with van der Waals surface area (Å²) in [7, 11) is 1.82. The van der Waals surface area contributed by atoms with Crippen LogP contribution in [-0.2, 0) is 4.74 Å². The number of thioether (sulfide) groups is 1. The maximum Gasteiger partial charge on any atom is 0.0915 e. The summed E-state index contributed by atoms with van der Waals surface area (Å²) in [5.41, 5.74) is 2.21. The monoisotopic (exact) mass is 335 g/mol. The van der Waals surface area contributed by atoms with Crippen molar-refractivity contribution >= 4 is 11.8 Å². The lowest BCUT2D eigenvalue weighted by atomic mass is 9.84. The summed E-state index contributed by atoms with van der Waals surface area (Å²) in [4.78, 5) is 2.67. The van der Waals surface area contributed by atoms with Crippen molar-refractivity contribution in [2.75, 3.05) is 13.7 Å². The van der Waals surface area contributed by atoms with Gasteiger partial charge in [0.25, 0.3) is 0 Å². The van der Waals surface area contributed by atoms with Gasteiger partial charge in [-0.2, -0.15) is 0 Å². The van der Waals surface area contributed by atoms with Crippen LogP contribution in [0, 0.1) is 5.92 Å².